The Morgan fingerprint density at radius 2 is 1.90 bits per heavy atom. The van der Waals surface area contributed by atoms with Gasteiger partial charge in [-0.05, 0) is 18.1 Å². The molecule has 0 atom stereocenters. The van der Waals surface area contributed by atoms with Crippen LogP contribution in [0.2, 0.25) is 0 Å². The van der Waals surface area contributed by atoms with Crippen molar-refractivity contribution in [2.45, 2.75) is 13.8 Å². The lowest BCUT2D eigenvalue weighted by Gasteiger charge is -2.34. The summed E-state index contributed by atoms with van der Waals surface area (Å²) in [6, 6.07) is 3.47. The molecule has 1 saturated heterocycles. The second-order valence-corrected chi connectivity index (χ2v) is 5.60. The van der Waals surface area contributed by atoms with Crippen molar-refractivity contribution in [2.24, 2.45) is 5.92 Å². The van der Waals surface area contributed by atoms with E-state index in [9.17, 15) is 9.59 Å². The zero-order valence-corrected chi connectivity index (χ0v) is 12.6. The number of amides is 3. The van der Waals surface area contributed by atoms with Crippen LogP contribution in [-0.4, -0.2) is 59.4 Å². The van der Waals surface area contributed by atoms with E-state index in [-0.39, 0.29) is 11.9 Å². The zero-order valence-electron chi connectivity index (χ0n) is 12.6. The average molecular weight is 290 g/mol. The largest absolute Gasteiger partial charge is 0.338 e. The van der Waals surface area contributed by atoms with Crippen LogP contribution in [0, 0.1) is 5.92 Å². The van der Waals surface area contributed by atoms with E-state index in [1.54, 1.807) is 34.3 Å². The molecule has 21 heavy (non-hydrogen) atoms. The van der Waals surface area contributed by atoms with E-state index in [1.165, 1.54) is 0 Å². The Balaban J connectivity index is 1.83. The van der Waals surface area contributed by atoms with Crippen LogP contribution in [0.4, 0.5) is 4.79 Å². The molecule has 1 aromatic rings. The molecule has 1 aliphatic rings. The SMILES string of the molecule is CC(C)CNC(=O)N1CCN(C(=O)c2cccnc2)CC1. The van der Waals surface area contributed by atoms with Crippen molar-refractivity contribution in [3.63, 3.8) is 0 Å². The topological polar surface area (TPSA) is 65.5 Å². The zero-order chi connectivity index (χ0) is 15.2. The van der Waals surface area contributed by atoms with Crippen LogP contribution in [-0.2, 0) is 0 Å². The number of hydrogen-bond acceptors (Lipinski definition) is 3. The van der Waals surface area contributed by atoms with Gasteiger partial charge in [-0.3, -0.25) is 9.78 Å². The number of pyridine rings is 1. The normalized spacial score (nSPS) is 15.2. The Morgan fingerprint density at radius 3 is 2.48 bits per heavy atom. The van der Waals surface area contributed by atoms with Gasteiger partial charge in [0.1, 0.15) is 0 Å². The Kier molecular flexibility index (Phi) is 5.14. The van der Waals surface area contributed by atoms with Crippen LogP contribution in [0.25, 0.3) is 0 Å². The van der Waals surface area contributed by atoms with Gasteiger partial charge in [-0.2, -0.15) is 0 Å². The Morgan fingerprint density at radius 1 is 1.24 bits per heavy atom. The van der Waals surface area contributed by atoms with Crippen molar-refractivity contribution in [3.8, 4) is 0 Å². The Labute approximate surface area is 125 Å². The van der Waals surface area contributed by atoms with Crippen molar-refractivity contribution < 1.29 is 9.59 Å². The van der Waals surface area contributed by atoms with E-state index in [4.69, 9.17) is 0 Å². The molecule has 2 heterocycles. The van der Waals surface area contributed by atoms with Crippen molar-refractivity contribution >= 4 is 11.9 Å². The monoisotopic (exact) mass is 290 g/mol. The first-order valence-corrected chi connectivity index (χ1v) is 7.30. The van der Waals surface area contributed by atoms with Gasteiger partial charge in [0.15, 0.2) is 0 Å². The van der Waals surface area contributed by atoms with Crippen molar-refractivity contribution in [3.05, 3.63) is 30.1 Å². The Bertz CT molecular complexity index is 482. The summed E-state index contributed by atoms with van der Waals surface area (Å²) in [5, 5.41) is 2.90. The van der Waals surface area contributed by atoms with Crippen molar-refractivity contribution in [1.82, 2.24) is 20.1 Å². The van der Waals surface area contributed by atoms with Crippen LogP contribution in [0.15, 0.2) is 24.5 Å². The van der Waals surface area contributed by atoms with Crippen molar-refractivity contribution in [2.75, 3.05) is 32.7 Å². The molecule has 0 aliphatic carbocycles. The Hall–Kier alpha value is -2.11. The molecule has 0 bridgehead atoms. The highest BCUT2D eigenvalue weighted by Crippen LogP contribution is 2.08. The van der Waals surface area contributed by atoms with Gasteiger partial charge >= 0.3 is 6.03 Å². The first-order chi connectivity index (χ1) is 10.1. The van der Waals surface area contributed by atoms with Crippen LogP contribution in [0.1, 0.15) is 24.2 Å². The molecule has 0 unspecified atom stereocenters. The van der Waals surface area contributed by atoms with Gasteiger partial charge in [0.2, 0.25) is 0 Å². The van der Waals surface area contributed by atoms with E-state index in [1.807, 2.05) is 0 Å². The van der Waals surface area contributed by atoms with Crippen LogP contribution >= 0.6 is 0 Å². The molecule has 0 saturated carbocycles. The van der Waals surface area contributed by atoms with E-state index in [2.05, 4.69) is 24.1 Å². The number of carbonyl (C=O) groups excluding carboxylic acids is 2. The summed E-state index contributed by atoms with van der Waals surface area (Å²) >= 11 is 0. The highest BCUT2D eigenvalue weighted by molar-refractivity contribution is 5.94. The number of aromatic nitrogens is 1. The summed E-state index contributed by atoms with van der Waals surface area (Å²) in [4.78, 5) is 31.7. The molecular formula is C15H22N4O2. The minimum atomic E-state index is -0.0443. The molecule has 2 rings (SSSR count). The molecule has 0 radical (unpaired) electrons. The number of rotatable bonds is 3. The minimum Gasteiger partial charge on any atom is -0.338 e. The molecule has 1 fully saturated rings. The van der Waals surface area contributed by atoms with Gasteiger partial charge < -0.3 is 15.1 Å². The third kappa shape index (κ3) is 4.18. The average Bonchev–Trinajstić information content (AvgIpc) is 2.53. The van der Waals surface area contributed by atoms with E-state index < -0.39 is 0 Å². The second kappa shape index (κ2) is 7.06. The lowest BCUT2D eigenvalue weighted by atomic mass is 10.2. The van der Waals surface area contributed by atoms with Gasteiger partial charge in [0.05, 0.1) is 5.56 Å². The fraction of sp³-hybridized carbons (Fsp3) is 0.533. The molecule has 0 spiro atoms. The van der Waals surface area contributed by atoms with Crippen molar-refractivity contribution in [1.29, 1.82) is 0 Å². The molecule has 0 aromatic carbocycles. The summed E-state index contributed by atoms with van der Waals surface area (Å²) in [7, 11) is 0. The highest BCUT2D eigenvalue weighted by atomic mass is 16.2. The molecule has 6 heteroatoms. The number of hydrogen-bond donors (Lipinski definition) is 1. The third-order valence-corrected chi connectivity index (χ3v) is 3.42. The molecule has 1 N–H and O–H groups in total. The van der Waals surface area contributed by atoms with Gasteiger partial charge in [-0.15, -0.1) is 0 Å². The van der Waals surface area contributed by atoms with E-state index >= 15 is 0 Å². The first-order valence-electron chi connectivity index (χ1n) is 7.30. The fourth-order valence-electron chi connectivity index (χ4n) is 2.19. The first kappa shape index (κ1) is 15.3. The second-order valence-electron chi connectivity index (χ2n) is 5.60. The summed E-state index contributed by atoms with van der Waals surface area (Å²) in [5.41, 5.74) is 0.593. The molecule has 6 nitrogen and oxygen atoms in total. The third-order valence-electron chi connectivity index (χ3n) is 3.42. The number of nitrogens with zero attached hydrogens (tertiary/aromatic N) is 3. The lowest BCUT2D eigenvalue weighted by Crippen LogP contribution is -2.53. The number of nitrogens with one attached hydrogen (secondary N) is 1. The predicted molar refractivity (Wildman–Crippen MR) is 80.0 cm³/mol. The quantitative estimate of drug-likeness (QED) is 0.910. The number of urea groups is 1. The van der Waals surface area contributed by atoms with Gasteiger partial charge in [-0.1, -0.05) is 13.8 Å². The summed E-state index contributed by atoms with van der Waals surface area (Å²) < 4.78 is 0. The molecule has 1 aliphatic heterocycles. The lowest BCUT2D eigenvalue weighted by molar-refractivity contribution is 0.0664. The summed E-state index contributed by atoms with van der Waals surface area (Å²) in [6.45, 7) is 7.04. The molecule has 1 aromatic heterocycles. The predicted octanol–water partition coefficient (Wildman–Crippen LogP) is 1.20. The van der Waals surface area contributed by atoms with Gasteiger partial charge in [-0.25, -0.2) is 4.79 Å². The molecule has 114 valence electrons. The van der Waals surface area contributed by atoms with E-state index in [0.29, 0.717) is 44.2 Å². The van der Waals surface area contributed by atoms with Gasteiger partial charge in [0, 0.05) is 45.1 Å². The maximum Gasteiger partial charge on any atom is 0.317 e. The van der Waals surface area contributed by atoms with Crippen LogP contribution < -0.4 is 5.32 Å². The maximum absolute atomic E-state index is 12.3. The summed E-state index contributed by atoms with van der Waals surface area (Å²) in [5.74, 6) is 0.410. The highest BCUT2D eigenvalue weighted by Gasteiger charge is 2.24. The standard InChI is InChI=1S/C15H22N4O2/c1-12(2)10-17-15(21)19-8-6-18(7-9-19)14(20)13-4-3-5-16-11-13/h3-5,11-12H,6-10H2,1-2H3,(H,17,21). The number of piperazine rings is 1. The van der Waals surface area contributed by atoms with Crippen LogP contribution in [0.5, 0.6) is 0 Å². The van der Waals surface area contributed by atoms with Crippen LogP contribution in [0.3, 0.4) is 0 Å². The maximum atomic E-state index is 12.3. The summed E-state index contributed by atoms with van der Waals surface area (Å²) in [6.07, 6.45) is 3.22. The molecule has 3 amide bonds. The fourth-order valence-corrected chi connectivity index (χ4v) is 2.19. The smallest absolute Gasteiger partial charge is 0.317 e. The van der Waals surface area contributed by atoms with E-state index in [0.717, 1.165) is 0 Å². The minimum absolute atomic E-state index is 0.0228. The van der Waals surface area contributed by atoms with Gasteiger partial charge in [0.25, 0.3) is 5.91 Å². The number of carbonyl (C=O) groups is 2. The molecular weight excluding hydrogens is 268 g/mol.